The number of likely N-dealkylation sites (tertiary alicyclic amines) is 1. The molecule has 0 aliphatic carbocycles. The first-order valence-electron chi connectivity index (χ1n) is 7.96. The van der Waals surface area contributed by atoms with Gasteiger partial charge in [0.15, 0.2) is 0 Å². The fourth-order valence-corrected chi connectivity index (χ4v) is 2.90. The van der Waals surface area contributed by atoms with E-state index < -0.39 is 0 Å². The number of carbonyl (C=O) groups is 1. The molecule has 1 aliphatic rings. The lowest BCUT2D eigenvalue weighted by Crippen LogP contribution is -2.41. The number of amides is 1. The van der Waals surface area contributed by atoms with Crippen LogP contribution in [0.4, 0.5) is 0 Å². The summed E-state index contributed by atoms with van der Waals surface area (Å²) in [6.07, 6.45) is 6.66. The summed E-state index contributed by atoms with van der Waals surface area (Å²) < 4.78 is 5.90. The number of benzene rings is 1. The van der Waals surface area contributed by atoms with Crippen LogP contribution in [0.5, 0.6) is 5.75 Å². The molecule has 120 valence electrons. The van der Waals surface area contributed by atoms with Crippen LogP contribution < -0.4 is 4.74 Å². The van der Waals surface area contributed by atoms with Gasteiger partial charge in [-0.2, -0.15) is 0 Å². The maximum Gasteiger partial charge on any atom is 0.257 e. The third kappa shape index (κ3) is 4.06. The molecule has 0 N–H and O–H groups in total. The van der Waals surface area contributed by atoms with Crippen LogP contribution in [0.3, 0.4) is 0 Å². The second kappa shape index (κ2) is 7.22. The molecule has 0 radical (unpaired) electrons. The van der Waals surface area contributed by atoms with Crippen molar-refractivity contribution in [3.63, 3.8) is 0 Å². The topological polar surface area (TPSA) is 55.3 Å². The van der Waals surface area contributed by atoms with Crippen LogP contribution in [-0.2, 0) is 0 Å². The number of piperidine rings is 1. The zero-order valence-electron chi connectivity index (χ0n) is 13.3. The summed E-state index contributed by atoms with van der Waals surface area (Å²) in [7, 11) is 0. The van der Waals surface area contributed by atoms with Gasteiger partial charge in [0, 0.05) is 31.4 Å². The molecule has 5 heteroatoms. The fourth-order valence-electron chi connectivity index (χ4n) is 2.90. The van der Waals surface area contributed by atoms with Gasteiger partial charge < -0.3 is 9.64 Å². The number of ether oxygens (including phenoxy) is 1. The van der Waals surface area contributed by atoms with Crippen LogP contribution in [0, 0.1) is 12.8 Å². The Balaban J connectivity index is 1.57. The van der Waals surface area contributed by atoms with E-state index in [0.29, 0.717) is 18.1 Å². The molecular formula is C18H21N3O2. The van der Waals surface area contributed by atoms with Gasteiger partial charge in [-0.1, -0.05) is 12.1 Å². The second-order valence-electron chi connectivity index (χ2n) is 6.01. The Morgan fingerprint density at radius 1 is 1.35 bits per heavy atom. The van der Waals surface area contributed by atoms with Crippen LogP contribution in [0.15, 0.2) is 43.0 Å². The van der Waals surface area contributed by atoms with Gasteiger partial charge in [-0.3, -0.25) is 4.79 Å². The molecule has 1 aromatic carbocycles. The summed E-state index contributed by atoms with van der Waals surface area (Å²) in [5, 5.41) is 0. The lowest BCUT2D eigenvalue weighted by Gasteiger charge is -2.32. The van der Waals surface area contributed by atoms with E-state index in [2.05, 4.69) is 23.0 Å². The average Bonchev–Trinajstić information content (AvgIpc) is 2.60. The van der Waals surface area contributed by atoms with Gasteiger partial charge in [0.05, 0.1) is 12.2 Å². The zero-order chi connectivity index (χ0) is 16.1. The fraction of sp³-hybridized carbons (Fsp3) is 0.389. The molecule has 0 saturated carbocycles. The van der Waals surface area contributed by atoms with E-state index in [-0.39, 0.29) is 5.91 Å². The van der Waals surface area contributed by atoms with E-state index in [1.807, 2.05) is 23.1 Å². The smallest absolute Gasteiger partial charge is 0.257 e. The summed E-state index contributed by atoms with van der Waals surface area (Å²) in [6.45, 7) is 4.20. The van der Waals surface area contributed by atoms with E-state index in [9.17, 15) is 4.79 Å². The third-order valence-electron chi connectivity index (χ3n) is 4.09. The normalized spacial score (nSPS) is 17.8. The summed E-state index contributed by atoms with van der Waals surface area (Å²) in [5.74, 6) is 1.26. The molecule has 1 amide bonds. The summed E-state index contributed by atoms with van der Waals surface area (Å²) >= 11 is 0. The van der Waals surface area contributed by atoms with Crippen LogP contribution in [0.1, 0.15) is 28.8 Å². The second-order valence-corrected chi connectivity index (χ2v) is 6.01. The number of hydrogen-bond donors (Lipinski definition) is 0. The number of hydrogen-bond acceptors (Lipinski definition) is 4. The maximum absolute atomic E-state index is 12.5. The predicted octanol–water partition coefficient (Wildman–Crippen LogP) is 2.72. The van der Waals surface area contributed by atoms with Gasteiger partial charge in [-0.25, -0.2) is 9.97 Å². The first-order valence-corrected chi connectivity index (χ1v) is 7.96. The summed E-state index contributed by atoms with van der Waals surface area (Å²) in [6, 6.07) is 8.06. The molecule has 1 atom stereocenters. The molecule has 5 nitrogen and oxygen atoms in total. The molecule has 23 heavy (non-hydrogen) atoms. The Labute approximate surface area is 136 Å². The van der Waals surface area contributed by atoms with Gasteiger partial charge in [0.2, 0.25) is 0 Å². The molecule has 0 unspecified atom stereocenters. The molecular weight excluding hydrogens is 290 g/mol. The molecule has 1 fully saturated rings. The van der Waals surface area contributed by atoms with Crippen molar-refractivity contribution in [2.45, 2.75) is 19.8 Å². The molecule has 0 spiro atoms. The number of aryl methyl sites for hydroxylation is 1. The van der Waals surface area contributed by atoms with Crippen molar-refractivity contribution in [3.05, 3.63) is 54.1 Å². The Kier molecular flexibility index (Phi) is 4.86. The SMILES string of the molecule is Cc1cccc(OC[C@@H]2CCCN(C(=O)c3cncnc3)C2)c1. The summed E-state index contributed by atoms with van der Waals surface area (Å²) in [5.41, 5.74) is 1.74. The molecule has 0 bridgehead atoms. The highest BCUT2D eigenvalue weighted by Gasteiger charge is 2.25. The minimum atomic E-state index is 0.00542. The van der Waals surface area contributed by atoms with Gasteiger partial charge in [-0.05, 0) is 37.5 Å². The van der Waals surface area contributed by atoms with Crippen LogP contribution in [0.2, 0.25) is 0 Å². The number of rotatable bonds is 4. The van der Waals surface area contributed by atoms with Gasteiger partial charge in [0.1, 0.15) is 12.1 Å². The van der Waals surface area contributed by atoms with Crippen molar-refractivity contribution < 1.29 is 9.53 Å². The van der Waals surface area contributed by atoms with E-state index in [1.54, 1.807) is 12.4 Å². The van der Waals surface area contributed by atoms with Crippen LogP contribution in [0.25, 0.3) is 0 Å². The minimum absolute atomic E-state index is 0.00542. The number of nitrogens with zero attached hydrogens (tertiary/aromatic N) is 3. The molecule has 2 aromatic rings. The number of carbonyl (C=O) groups excluding carboxylic acids is 1. The Morgan fingerprint density at radius 2 is 2.17 bits per heavy atom. The lowest BCUT2D eigenvalue weighted by atomic mass is 9.98. The highest BCUT2D eigenvalue weighted by Crippen LogP contribution is 2.20. The molecule has 2 heterocycles. The molecule has 1 aromatic heterocycles. The van der Waals surface area contributed by atoms with Crippen molar-refractivity contribution in [2.24, 2.45) is 5.92 Å². The van der Waals surface area contributed by atoms with Crippen molar-refractivity contribution in [2.75, 3.05) is 19.7 Å². The third-order valence-corrected chi connectivity index (χ3v) is 4.09. The standard InChI is InChI=1S/C18H21N3O2/c1-14-4-2-6-17(8-14)23-12-15-5-3-7-21(11-15)18(22)16-9-19-13-20-10-16/h2,4,6,8-10,13,15H,3,5,7,11-12H2,1H3/t15-/m1/s1. The van der Waals surface area contributed by atoms with Crippen molar-refractivity contribution in [3.8, 4) is 5.75 Å². The van der Waals surface area contributed by atoms with Crippen LogP contribution >= 0.6 is 0 Å². The molecule has 1 aliphatic heterocycles. The Morgan fingerprint density at radius 3 is 2.96 bits per heavy atom. The minimum Gasteiger partial charge on any atom is -0.493 e. The maximum atomic E-state index is 12.5. The van der Waals surface area contributed by atoms with E-state index in [1.165, 1.54) is 11.9 Å². The quantitative estimate of drug-likeness (QED) is 0.871. The monoisotopic (exact) mass is 311 g/mol. The van der Waals surface area contributed by atoms with Crippen molar-refractivity contribution in [1.82, 2.24) is 14.9 Å². The lowest BCUT2D eigenvalue weighted by molar-refractivity contribution is 0.0632. The van der Waals surface area contributed by atoms with Gasteiger partial charge in [0.25, 0.3) is 5.91 Å². The largest absolute Gasteiger partial charge is 0.493 e. The highest BCUT2D eigenvalue weighted by molar-refractivity contribution is 5.93. The van der Waals surface area contributed by atoms with Crippen LogP contribution in [-0.4, -0.2) is 40.5 Å². The first kappa shape index (κ1) is 15.5. The predicted molar refractivity (Wildman–Crippen MR) is 87.3 cm³/mol. The molecule has 3 rings (SSSR count). The van der Waals surface area contributed by atoms with Gasteiger partial charge >= 0.3 is 0 Å². The number of aromatic nitrogens is 2. The highest BCUT2D eigenvalue weighted by atomic mass is 16.5. The summed E-state index contributed by atoms with van der Waals surface area (Å²) in [4.78, 5) is 22.2. The first-order chi connectivity index (χ1) is 11.2. The zero-order valence-corrected chi connectivity index (χ0v) is 13.3. The van der Waals surface area contributed by atoms with E-state index in [0.717, 1.165) is 31.7 Å². The van der Waals surface area contributed by atoms with Gasteiger partial charge in [-0.15, -0.1) is 0 Å². The van der Waals surface area contributed by atoms with E-state index >= 15 is 0 Å². The Bertz CT molecular complexity index is 660. The molecule has 1 saturated heterocycles. The average molecular weight is 311 g/mol. The van der Waals surface area contributed by atoms with E-state index in [4.69, 9.17) is 4.74 Å². The van der Waals surface area contributed by atoms with Crippen molar-refractivity contribution >= 4 is 5.91 Å². The Hall–Kier alpha value is -2.43. The van der Waals surface area contributed by atoms with Crippen molar-refractivity contribution in [1.29, 1.82) is 0 Å².